The average Bonchev–Trinajstić information content (AvgIpc) is 3.53. The van der Waals surface area contributed by atoms with Crippen LogP contribution in [0.3, 0.4) is 0 Å². The lowest BCUT2D eigenvalue weighted by Crippen LogP contribution is -2.53. The third-order valence-electron chi connectivity index (χ3n) is 7.90. The molecule has 1 aromatic carbocycles. The molecule has 1 saturated heterocycles. The Labute approximate surface area is 238 Å². The summed E-state index contributed by atoms with van der Waals surface area (Å²) >= 11 is 0. The Kier molecular flexibility index (Phi) is 6.46. The summed E-state index contributed by atoms with van der Waals surface area (Å²) < 4.78 is 85.9. The van der Waals surface area contributed by atoms with Crippen LogP contribution in [0.4, 0.5) is 17.6 Å². The molecule has 14 heteroatoms. The maximum atomic E-state index is 14.2. The first-order valence-electron chi connectivity index (χ1n) is 12.9. The van der Waals surface area contributed by atoms with Crippen LogP contribution < -0.4 is 0 Å². The summed E-state index contributed by atoms with van der Waals surface area (Å²) in [4.78, 5) is 22.4. The topological polar surface area (TPSA) is 103 Å². The van der Waals surface area contributed by atoms with Crippen LogP contribution in [-0.2, 0) is 29.7 Å². The number of imidazole rings is 1. The quantitative estimate of drug-likeness (QED) is 0.249. The van der Waals surface area contributed by atoms with Gasteiger partial charge in [-0.1, -0.05) is 5.57 Å². The minimum atomic E-state index is -4.71. The van der Waals surface area contributed by atoms with Crippen molar-refractivity contribution in [2.24, 2.45) is 12.5 Å². The van der Waals surface area contributed by atoms with Gasteiger partial charge in [0.25, 0.3) is 10.0 Å². The maximum absolute atomic E-state index is 14.2. The van der Waals surface area contributed by atoms with Crippen LogP contribution >= 0.6 is 0 Å². The van der Waals surface area contributed by atoms with Gasteiger partial charge in [0.2, 0.25) is 0 Å². The SMILES string of the molecule is Cc1nc(S(=O)(=O)N2CCC3=Cc4c(cnn4-c4ccc(F)cc4)CC3(C(=O)c3cc(C(F)(F)F)ccn3)C2)cn1C. The predicted octanol–water partition coefficient (Wildman–Crippen LogP) is 4.37. The number of alkyl halides is 3. The predicted molar refractivity (Wildman–Crippen MR) is 143 cm³/mol. The normalized spacial score (nSPS) is 19.2. The van der Waals surface area contributed by atoms with E-state index < -0.39 is 44.5 Å². The molecule has 1 unspecified atom stereocenters. The number of fused-ring (bicyclic) bond motifs is 2. The number of pyridine rings is 1. The van der Waals surface area contributed by atoms with Gasteiger partial charge in [-0.05, 0) is 67.8 Å². The highest BCUT2D eigenvalue weighted by atomic mass is 32.2. The molecular weight excluding hydrogens is 576 g/mol. The second kappa shape index (κ2) is 9.70. The first-order chi connectivity index (χ1) is 19.8. The lowest BCUT2D eigenvalue weighted by atomic mass is 9.65. The molecule has 0 N–H and O–H groups in total. The summed E-state index contributed by atoms with van der Waals surface area (Å²) in [6, 6.07) is 7.14. The molecule has 0 saturated carbocycles. The van der Waals surface area contributed by atoms with Gasteiger partial charge in [-0.3, -0.25) is 9.78 Å². The molecule has 218 valence electrons. The number of piperidine rings is 1. The molecule has 6 rings (SSSR count). The number of hydrogen-bond acceptors (Lipinski definition) is 6. The smallest absolute Gasteiger partial charge is 0.337 e. The van der Waals surface area contributed by atoms with Gasteiger partial charge in [0.1, 0.15) is 17.3 Å². The lowest BCUT2D eigenvalue weighted by molar-refractivity contribution is -0.137. The molecule has 42 heavy (non-hydrogen) atoms. The Morgan fingerprint density at radius 1 is 1.12 bits per heavy atom. The van der Waals surface area contributed by atoms with E-state index in [1.807, 2.05) is 0 Å². The molecule has 4 aromatic rings. The van der Waals surface area contributed by atoms with Crippen LogP contribution in [0.2, 0.25) is 0 Å². The van der Waals surface area contributed by atoms with Gasteiger partial charge in [0.15, 0.2) is 10.8 Å². The lowest BCUT2D eigenvalue weighted by Gasteiger charge is -2.44. The number of Topliss-reactive ketones (excluding diaryl/α,β-unsaturated/α-hetero) is 1. The fraction of sp³-hybridized carbons (Fsp3) is 0.286. The fourth-order valence-corrected chi connectivity index (χ4v) is 7.09. The number of aromatic nitrogens is 5. The van der Waals surface area contributed by atoms with Gasteiger partial charge in [-0.2, -0.15) is 22.6 Å². The summed E-state index contributed by atoms with van der Waals surface area (Å²) in [6.45, 7) is 1.35. The van der Waals surface area contributed by atoms with Crippen LogP contribution in [-0.4, -0.2) is 55.9 Å². The van der Waals surface area contributed by atoms with Crippen LogP contribution in [0.5, 0.6) is 0 Å². The van der Waals surface area contributed by atoms with Crippen molar-refractivity contribution in [2.75, 3.05) is 13.1 Å². The van der Waals surface area contributed by atoms with Gasteiger partial charge < -0.3 is 4.57 Å². The van der Waals surface area contributed by atoms with Crippen molar-refractivity contribution >= 4 is 21.9 Å². The van der Waals surface area contributed by atoms with Crippen molar-refractivity contribution in [1.82, 2.24) is 28.6 Å². The van der Waals surface area contributed by atoms with Crippen molar-refractivity contribution in [3.05, 3.63) is 94.7 Å². The molecular formula is C28H24F4N6O3S. The Balaban J connectivity index is 1.47. The van der Waals surface area contributed by atoms with Gasteiger partial charge in [0, 0.05) is 32.5 Å². The number of carbonyl (C=O) groups is 1. The first kappa shape index (κ1) is 28.0. The monoisotopic (exact) mass is 600 g/mol. The molecule has 4 heterocycles. The molecule has 0 bridgehead atoms. The Morgan fingerprint density at radius 2 is 1.86 bits per heavy atom. The summed E-state index contributed by atoms with van der Waals surface area (Å²) in [7, 11) is -2.50. The van der Waals surface area contributed by atoms with Gasteiger partial charge in [-0.25, -0.2) is 22.5 Å². The Hall–Kier alpha value is -4.17. The number of rotatable bonds is 5. The molecule has 1 fully saturated rings. The van der Waals surface area contributed by atoms with Crippen molar-refractivity contribution < 1.29 is 30.8 Å². The standard InChI is InChI=1S/C28H24F4N6O3S/c1-17-35-25(15-36(17)2)42(40,41)37-10-8-19-12-24-18(14-34-38(24)22-5-3-21(29)4-6-22)13-27(19,16-37)26(39)23-11-20(7-9-33-23)28(30,31)32/h3-7,9,11-12,14-15H,8,10,13,16H2,1-2H3. The molecule has 2 aliphatic rings. The number of hydrogen-bond donors (Lipinski definition) is 0. The molecule has 0 spiro atoms. The van der Waals surface area contributed by atoms with Crippen molar-refractivity contribution in [2.45, 2.75) is 31.0 Å². The second-order valence-electron chi connectivity index (χ2n) is 10.5. The minimum absolute atomic E-state index is 0.0227. The summed E-state index contributed by atoms with van der Waals surface area (Å²) in [6.07, 6.45) is 0.952. The number of benzene rings is 1. The Bertz CT molecular complexity index is 1840. The summed E-state index contributed by atoms with van der Waals surface area (Å²) in [5.74, 6) is -0.675. The fourth-order valence-electron chi connectivity index (χ4n) is 5.57. The van der Waals surface area contributed by atoms with E-state index in [-0.39, 0.29) is 31.0 Å². The van der Waals surface area contributed by atoms with Crippen LogP contribution in [0, 0.1) is 18.2 Å². The van der Waals surface area contributed by atoms with Gasteiger partial charge in [0.05, 0.1) is 28.6 Å². The number of sulfonamides is 1. The van der Waals surface area contributed by atoms with E-state index in [4.69, 9.17) is 0 Å². The highest BCUT2D eigenvalue weighted by molar-refractivity contribution is 7.89. The first-order valence-corrected chi connectivity index (χ1v) is 14.4. The zero-order chi connectivity index (χ0) is 30.0. The number of nitrogens with zero attached hydrogens (tertiary/aromatic N) is 6. The zero-order valence-corrected chi connectivity index (χ0v) is 23.2. The van der Waals surface area contributed by atoms with Crippen LogP contribution in [0.15, 0.2) is 65.6 Å². The van der Waals surface area contributed by atoms with E-state index in [1.54, 1.807) is 41.4 Å². The Morgan fingerprint density at radius 3 is 2.52 bits per heavy atom. The van der Waals surface area contributed by atoms with Crippen molar-refractivity contribution in [3.63, 3.8) is 0 Å². The van der Waals surface area contributed by atoms with E-state index >= 15 is 0 Å². The zero-order valence-electron chi connectivity index (χ0n) is 22.4. The summed E-state index contributed by atoms with van der Waals surface area (Å²) in [5, 5.41) is 4.24. The van der Waals surface area contributed by atoms with Crippen LogP contribution in [0.25, 0.3) is 11.8 Å². The largest absolute Gasteiger partial charge is 0.416 e. The number of aryl methyl sites for hydroxylation is 2. The highest BCUT2D eigenvalue weighted by Gasteiger charge is 2.52. The molecule has 1 atom stereocenters. The molecule has 9 nitrogen and oxygen atoms in total. The van der Waals surface area contributed by atoms with Crippen molar-refractivity contribution in [1.29, 1.82) is 0 Å². The van der Waals surface area contributed by atoms with Crippen molar-refractivity contribution in [3.8, 4) is 5.69 Å². The third kappa shape index (κ3) is 4.54. The number of ketones is 1. The molecule has 1 aliphatic carbocycles. The maximum Gasteiger partial charge on any atom is 0.416 e. The molecule has 1 aliphatic heterocycles. The number of halogens is 4. The van der Waals surface area contributed by atoms with E-state index in [2.05, 4.69) is 15.1 Å². The van der Waals surface area contributed by atoms with E-state index in [9.17, 15) is 30.8 Å². The second-order valence-corrected chi connectivity index (χ2v) is 12.3. The van der Waals surface area contributed by atoms with Gasteiger partial charge in [-0.15, -0.1) is 0 Å². The summed E-state index contributed by atoms with van der Waals surface area (Å²) in [5.41, 5.74) is -0.684. The molecule has 3 aromatic heterocycles. The van der Waals surface area contributed by atoms with E-state index in [1.165, 1.54) is 24.5 Å². The average molecular weight is 601 g/mol. The van der Waals surface area contributed by atoms with Gasteiger partial charge >= 0.3 is 6.18 Å². The highest BCUT2D eigenvalue weighted by Crippen LogP contribution is 2.47. The third-order valence-corrected chi connectivity index (χ3v) is 9.61. The van der Waals surface area contributed by atoms with E-state index in [0.717, 1.165) is 16.6 Å². The van der Waals surface area contributed by atoms with E-state index in [0.29, 0.717) is 34.4 Å². The van der Waals surface area contributed by atoms with Crippen LogP contribution in [0.1, 0.15) is 39.6 Å². The molecule has 0 amide bonds. The molecule has 0 radical (unpaired) electrons. The number of carbonyl (C=O) groups excluding carboxylic acids is 1. The minimum Gasteiger partial charge on any atom is -0.337 e.